The van der Waals surface area contributed by atoms with Crippen LogP contribution in [0.1, 0.15) is 37.1 Å². The van der Waals surface area contributed by atoms with Crippen LogP contribution in [0.15, 0.2) is 11.2 Å². The van der Waals surface area contributed by atoms with Crippen LogP contribution in [-0.4, -0.2) is 39.1 Å². The minimum absolute atomic E-state index is 0.423. The van der Waals surface area contributed by atoms with Crippen LogP contribution in [0.5, 0.6) is 0 Å². The number of alkyl carbamates (subject to hydrolysis) is 1. The summed E-state index contributed by atoms with van der Waals surface area (Å²) in [5.74, 6) is 1.17. The predicted octanol–water partition coefficient (Wildman–Crippen LogP) is 3.42. The van der Waals surface area contributed by atoms with Gasteiger partial charge < -0.3 is 9.30 Å². The maximum atomic E-state index is 12.0. The molecule has 3 rings (SSSR count). The Labute approximate surface area is 166 Å². The van der Waals surface area contributed by atoms with Crippen molar-refractivity contribution in [1.29, 1.82) is 0 Å². The fourth-order valence-electron chi connectivity index (χ4n) is 3.15. The van der Waals surface area contributed by atoms with E-state index >= 15 is 0 Å². The third kappa shape index (κ3) is 4.35. The number of hydrogen-bond donors (Lipinski definition) is 1. The Hall–Kier alpha value is -1.87. The van der Waals surface area contributed by atoms with Crippen LogP contribution in [0.25, 0.3) is 10.7 Å². The first-order valence-electron chi connectivity index (χ1n) is 8.99. The van der Waals surface area contributed by atoms with E-state index in [0.29, 0.717) is 5.16 Å². The molecule has 2 amide bonds. The number of thioether (sulfide) groups is 1. The summed E-state index contributed by atoms with van der Waals surface area (Å²) in [4.78, 5) is 25.8. The average molecular weight is 409 g/mol. The molecule has 0 aromatic carbocycles. The highest BCUT2D eigenvalue weighted by Crippen LogP contribution is 2.38. The quantitative estimate of drug-likeness (QED) is 0.763. The number of nitrogens with zero attached hydrogens (tertiary/aromatic N) is 3. The Morgan fingerprint density at radius 2 is 2.26 bits per heavy atom. The van der Waals surface area contributed by atoms with Gasteiger partial charge in [0, 0.05) is 11.9 Å². The normalized spacial score (nSPS) is 17.3. The van der Waals surface area contributed by atoms with Crippen molar-refractivity contribution in [1.82, 2.24) is 20.1 Å². The van der Waals surface area contributed by atoms with Gasteiger partial charge in [-0.1, -0.05) is 25.1 Å². The summed E-state index contributed by atoms with van der Waals surface area (Å²) in [7, 11) is 3.12. The molecular weight excluding hydrogens is 384 g/mol. The molecule has 2 atom stereocenters. The van der Waals surface area contributed by atoms with Crippen LogP contribution in [0, 0.1) is 5.92 Å². The van der Waals surface area contributed by atoms with Crippen molar-refractivity contribution in [2.24, 2.45) is 13.0 Å². The molecule has 0 saturated heterocycles. The minimum Gasteiger partial charge on any atom is -0.453 e. The second kappa shape index (κ2) is 8.43. The number of fused-ring (bicyclic) bond motifs is 1. The largest absolute Gasteiger partial charge is 0.453 e. The Kier molecular flexibility index (Phi) is 6.21. The Morgan fingerprint density at radius 3 is 2.96 bits per heavy atom. The van der Waals surface area contributed by atoms with Gasteiger partial charge in [-0.25, -0.2) is 4.79 Å². The average Bonchev–Trinajstić information content (AvgIpc) is 3.24. The molecule has 0 fully saturated rings. The van der Waals surface area contributed by atoms with Gasteiger partial charge in [-0.15, -0.1) is 21.5 Å². The summed E-state index contributed by atoms with van der Waals surface area (Å²) in [6.07, 6.45) is 4.01. The molecular formula is C18H24N4O3S2. The molecule has 27 heavy (non-hydrogen) atoms. The van der Waals surface area contributed by atoms with Gasteiger partial charge in [-0.05, 0) is 43.7 Å². The summed E-state index contributed by atoms with van der Waals surface area (Å²) in [6, 6.07) is 2.24. The Bertz CT molecular complexity index is 846. The number of rotatable bonds is 5. The van der Waals surface area contributed by atoms with Crippen LogP contribution in [0.3, 0.4) is 0 Å². The van der Waals surface area contributed by atoms with E-state index in [1.54, 1.807) is 18.3 Å². The van der Waals surface area contributed by atoms with Crippen LogP contribution in [0.4, 0.5) is 4.79 Å². The monoisotopic (exact) mass is 408 g/mol. The van der Waals surface area contributed by atoms with E-state index in [0.717, 1.165) is 29.5 Å². The van der Waals surface area contributed by atoms with Gasteiger partial charge in [0.15, 0.2) is 11.0 Å². The molecule has 0 unspecified atom stereocenters. The zero-order valence-corrected chi connectivity index (χ0v) is 17.6. The Balaban J connectivity index is 1.73. The maximum absolute atomic E-state index is 12.0. The number of imide groups is 1. The molecule has 1 aliphatic rings. The molecule has 2 aromatic rings. The molecule has 0 aliphatic heterocycles. The first-order valence-corrected chi connectivity index (χ1v) is 10.7. The van der Waals surface area contributed by atoms with Crippen LogP contribution >= 0.6 is 23.1 Å². The lowest BCUT2D eigenvalue weighted by atomic mass is 9.87. The van der Waals surface area contributed by atoms with Gasteiger partial charge in [0.05, 0.1) is 17.2 Å². The van der Waals surface area contributed by atoms with Crippen molar-refractivity contribution in [3.8, 4) is 10.7 Å². The molecule has 9 heteroatoms. The van der Waals surface area contributed by atoms with E-state index in [1.807, 2.05) is 11.6 Å². The molecule has 146 valence electrons. The highest BCUT2D eigenvalue weighted by atomic mass is 32.2. The van der Waals surface area contributed by atoms with Crippen LogP contribution in [-0.2, 0) is 29.4 Å². The number of carbonyl (C=O) groups excluding carboxylic acids is 2. The van der Waals surface area contributed by atoms with E-state index in [-0.39, 0.29) is 0 Å². The van der Waals surface area contributed by atoms with Gasteiger partial charge in [0.2, 0.25) is 5.91 Å². The first kappa shape index (κ1) is 19.9. The second-order valence-corrected chi connectivity index (χ2v) is 9.13. The molecule has 0 radical (unpaired) electrons. The summed E-state index contributed by atoms with van der Waals surface area (Å²) >= 11 is 3.05. The Morgan fingerprint density at radius 1 is 1.48 bits per heavy atom. The van der Waals surface area contributed by atoms with Gasteiger partial charge >= 0.3 is 6.09 Å². The van der Waals surface area contributed by atoms with Crippen LogP contribution < -0.4 is 5.32 Å². The number of amides is 2. The third-order valence-electron chi connectivity index (χ3n) is 4.88. The predicted molar refractivity (Wildman–Crippen MR) is 106 cm³/mol. The molecule has 0 bridgehead atoms. The third-order valence-corrected chi connectivity index (χ3v) is 7.25. The summed E-state index contributed by atoms with van der Waals surface area (Å²) in [5.41, 5.74) is 1.44. The van der Waals surface area contributed by atoms with Crippen molar-refractivity contribution in [2.45, 2.75) is 49.9 Å². The molecule has 2 heterocycles. The number of ether oxygens (including phenoxy) is 1. The highest BCUT2D eigenvalue weighted by Gasteiger charge is 2.24. The summed E-state index contributed by atoms with van der Waals surface area (Å²) in [5, 5.41) is 10.9. The van der Waals surface area contributed by atoms with Crippen molar-refractivity contribution in [3.63, 3.8) is 0 Å². The van der Waals surface area contributed by atoms with Gasteiger partial charge in [0.25, 0.3) is 0 Å². The zero-order chi connectivity index (χ0) is 19.6. The maximum Gasteiger partial charge on any atom is 0.413 e. The van der Waals surface area contributed by atoms with Crippen LogP contribution in [0.2, 0.25) is 0 Å². The van der Waals surface area contributed by atoms with Gasteiger partial charge in [0.1, 0.15) is 0 Å². The number of carbonyl (C=O) groups is 2. The van der Waals surface area contributed by atoms with E-state index in [4.69, 9.17) is 0 Å². The molecule has 1 N–H and O–H groups in total. The van der Waals surface area contributed by atoms with E-state index < -0.39 is 17.3 Å². The lowest BCUT2D eigenvalue weighted by molar-refractivity contribution is -0.119. The SMILES string of the molecule is CC[C@H]1CCc2sc(-c3nnc(S[C@@H](C)C(=O)NC(=O)OC)n3C)cc2C1. The second-order valence-electron chi connectivity index (χ2n) is 6.68. The number of aryl methyl sites for hydroxylation is 1. The van der Waals surface area contributed by atoms with E-state index in [2.05, 4.69) is 33.2 Å². The highest BCUT2D eigenvalue weighted by molar-refractivity contribution is 8.00. The van der Waals surface area contributed by atoms with Crippen molar-refractivity contribution >= 4 is 35.1 Å². The molecule has 2 aromatic heterocycles. The van der Waals surface area contributed by atoms with E-state index in [1.165, 1.54) is 42.2 Å². The topological polar surface area (TPSA) is 86.1 Å². The fourth-order valence-corrected chi connectivity index (χ4v) is 5.20. The number of hydrogen-bond acceptors (Lipinski definition) is 7. The van der Waals surface area contributed by atoms with Crippen molar-refractivity contribution in [2.75, 3.05) is 7.11 Å². The number of aromatic nitrogens is 3. The van der Waals surface area contributed by atoms with E-state index in [9.17, 15) is 9.59 Å². The summed E-state index contributed by atoms with van der Waals surface area (Å²) in [6.45, 7) is 3.97. The number of nitrogens with one attached hydrogen (secondary N) is 1. The number of methoxy groups -OCH3 is 1. The number of thiophene rings is 1. The molecule has 0 spiro atoms. The smallest absolute Gasteiger partial charge is 0.413 e. The van der Waals surface area contributed by atoms with Crippen molar-refractivity contribution in [3.05, 3.63) is 16.5 Å². The summed E-state index contributed by atoms with van der Waals surface area (Å²) < 4.78 is 6.35. The molecule has 1 aliphatic carbocycles. The minimum atomic E-state index is -0.763. The molecule has 7 nitrogen and oxygen atoms in total. The standard InChI is InChI=1S/C18H24N4O3S2/c1-5-11-6-7-13-12(8-11)9-14(27-13)15-20-21-17(22(15)3)26-10(2)16(23)19-18(24)25-4/h9-11H,5-8H2,1-4H3,(H,19,23,24)/t10-,11-/m0/s1. The van der Waals surface area contributed by atoms with Crippen molar-refractivity contribution < 1.29 is 14.3 Å². The fraction of sp³-hybridized carbons (Fsp3) is 0.556. The first-order chi connectivity index (χ1) is 12.9. The molecule has 0 saturated carbocycles. The lowest BCUT2D eigenvalue weighted by Gasteiger charge is -2.19. The van der Waals surface area contributed by atoms with Gasteiger partial charge in [-0.3, -0.25) is 10.1 Å². The van der Waals surface area contributed by atoms with Gasteiger partial charge in [-0.2, -0.15) is 0 Å². The lowest BCUT2D eigenvalue weighted by Crippen LogP contribution is -2.35. The zero-order valence-electron chi connectivity index (χ0n) is 15.9.